The van der Waals surface area contributed by atoms with Crippen LogP contribution in [0.5, 0.6) is 46.0 Å². The molecule has 472 valence electrons. The van der Waals surface area contributed by atoms with Gasteiger partial charge in [0.05, 0.1) is 55.3 Å². The summed E-state index contributed by atoms with van der Waals surface area (Å²) < 4.78 is 62.3. The molecule has 13 rings (SSSR count). The molecule has 0 bridgehead atoms. The van der Waals surface area contributed by atoms with E-state index in [-0.39, 0.29) is 113 Å². The standard InChI is InChI=1S/C74H70N2O16/c1-39(2)31-54(73(81)86-28-27-83-37-49-38-88-49)75-69(77)50-33-56(89-45-17-9-41(5)10-18-45)63-65-58(91-47-21-13-43(7)14-22-47)35-52-62-53(72(80)76(71(52)79)55(32-40(3)4)74(82)87-30-29-85-60-25-26-84-60)36-59(92-48-23-15-44(8)16-24-48)66(68(62)65)64-57(90-46-19-11-42(6)12-20-46)34-51(70(75)78)61(50)67(63)64/h9-24,33-36,39-40,49,54-55,60H,25-32,37-38H2,1-8H3. The Bertz CT molecular complexity index is 4160. The normalized spacial score (nSPS) is 16.7. The quantitative estimate of drug-likeness (QED) is 0.0130. The summed E-state index contributed by atoms with van der Waals surface area (Å²) in [6.45, 7) is 16.6. The number of amides is 4. The van der Waals surface area contributed by atoms with Crippen LogP contribution >= 0.6 is 0 Å². The van der Waals surface area contributed by atoms with Crippen LogP contribution in [0.4, 0.5) is 0 Å². The first-order valence-corrected chi connectivity index (χ1v) is 31.2. The Morgan fingerprint density at radius 3 is 1.04 bits per heavy atom. The average molecular weight is 1240 g/mol. The van der Waals surface area contributed by atoms with Crippen molar-refractivity contribution < 1.29 is 76.1 Å². The number of carbonyl (C=O) groups excluding carboxylic acids is 6. The number of epoxide rings is 1. The second-order valence-corrected chi connectivity index (χ2v) is 24.9. The van der Waals surface area contributed by atoms with Crippen molar-refractivity contribution in [3.63, 3.8) is 0 Å². The van der Waals surface area contributed by atoms with Crippen LogP contribution in [0.1, 0.15) is 111 Å². The number of fused-ring (bicyclic) bond motifs is 2. The van der Waals surface area contributed by atoms with E-state index in [1.807, 2.05) is 104 Å². The van der Waals surface area contributed by atoms with Crippen molar-refractivity contribution in [3.05, 3.63) is 166 Å². The van der Waals surface area contributed by atoms with E-state index in [9.17, 15) is 9.59 Å². The number of aryl methyl sites for hydroxylation is 4. The van der Waals surface area contributed by atoms with Gasteiger partial charge in [-0.2, -0.15) is 0 Å². The predicted octanol–water partition coefficient (Wildman–Crippen LogP) is 14.4. The van der Waals surface area contributed by atoms with Crippen molar-refractivity contribution in [1.82, 2.24) is 9.80 Å². The lowest BCUT2D eigenvalue weighted by molar-refractivity contribution is -0.219. The highest BCUT2D eigenvalue weighted by Crippen LogP contribution is 2.58. The number of benzene rings is 9. The Morgan fingerprint density at radius 2 is 0.761 bits per heavy atom. The van der Waals surface area contributed by atoms with Crippen LogP contribution < -0.4 is 18.9 Å². The van der Waals surface area contributed by atoms with Crippen molar-refractivity contribution in [2.24, 2.45) is 11.8 Å². The maximum atomic E-state index is 16.0. The SMILES string of the molecule is Cc1ccc(Oc2cc3c4c(cc(Oc5ccc(C)cc5)c5c6c(Oc7ccc(C)cc7)cc7c8c(cc(Oc9ccc(C)cc9)c(c2c45)c86)C(=O)N(C(CC(C)C)C(=O)OCCOC2CCO2)C7=O)C(=O)N(C(CC(C)C)C(=O)OCCOCC2CO2)C3=O)cc1. The van der Waals surface area contributed by atoms with Crippen LogP contribution in [0.25, 0.3) is 43.1 Å². The third-order valence-electron chi connectivity index (χ3n) is 17.0. The maximum Gasteiger partial charge on any atom is 0.329 e. The van der Waals surface area contributed by atoms with Crippen molar-refractivity contribution in [1.29, 1.82) is 0 Å². The van der Waals surface area contributed by atoms with E-state index >= 15 is 19.2 Å². The van der Waals surface area contributed by atoms with Gasteiger partial charge in [-0.1, -0.05) is 98.5 Å². The van der Waals surface area contributed by atoms with E-state index < -0.39 is 53.9 Å². The zero-order valence-electron chi connectivity index (χ0n) is 52.5. The van der Waals surface area contributed by atoms with Crippen LogP contribution in [0, 0.1) is 39.5 Å². The van der Waals surface area contributed by atoms with Crippen LogP contribution in [0.3, 0.4) is 0 Å². The van der Waals surface area contributed by atoms with E-state index in [1.165, 1.54) is 0 Å². The van der Waals surface area contributed by atoms with E-state index in [0.717, 1.165) is 32.1 Å². The van der Waals surface area contributed by atoms with Crippen LogP contribution in [-0.4, -0.2) is 116 Å². The van der Waals surface area contributed by atoms with Crippen molar-refractivity contribution in [2.45, 2.75) is 99.1 Å². The van der Waals surface area contributed by atoms with Gasteiger partial charge in [-0.25, -0.2) is 9.59 Å². The molecule has 4 amide bonds. The molecule has 2 saturated heterocycles. The molecule has 9 aromatic carbocycles. The molecule has 2 fully saturated rings. The Balaban J connectivity index is 1.13. The summed E-state index contributed by atoms with van der Waals surface area (Å²) in [5.41, 5.74) is 3.82. The monoisotopic (exact) mass is 1240 g/mol. The first-order valence-electron chi connectivity index (χ1n) is 31.2. The molecule has 0 aliphatic carbocycles. The molecule has 92 heavy (non-hydrogen) atoms. The molecule has 0 aromatic heterocycles. The van der Waals surface area contributed by atoms with Gasteiger partial charge < -0.3 is 47.4 Å². The minimum Gasteiger partial charge on any atom is -0.462 e. The molecule has 4 heterocycles. The Kier molecular flexibility index (Phi) is 16.9. The molecule has 4 atom stereocenters. The van der Waals surface area contributed by atoms with Crippen LogP contribution in [-0.2, 0) is 38.0 Å². The van der Waals surface area contributed by atoms with Crippen LogP contribution in [0.15, 0.2) is 121 Å². The summed E-state index contributed by atoms with van der Waals surface area (Å²) in [5.74, 6) is -3.32. The summed E-state index contributed by atoms with van der Waals surface area (Å²) >= 11 is 0. The summed E-state index contributed by atoms with van der Waals surface area (Å²) in [6.07, 6.45) is 0.395. The van der Waals surface area contributed by atoms with Crippen molar-refractivity contribution >= 4 is 78.7 Å². The number of hydrogen-bond acceptors (Lipinski definition) is 16. The van der Waals surface area contributed by atoms with Crippen molar-refractivity contribution in [3.8, 4) is 46.0 Å². The van der Waals surface area contributed by atoms with Gasteiger partial charge in [0.25, 0.3) is 23.6 Å². The van der Waals surface area contributed by atoms with Crippen LogP contribution in [0.2, 0.25) is 0 Å². The minimum atomic E-state index is -1.40. The summed E-state index contributed by atoms with van der Waals surface area (Å²) in [5, 5.41) is 2.19. The average Bonchev–Trinajstić information content (AvgIpc) is 0.871. The molecule has 0 radical (unpaired) electrons. The molecular formula is C74H70N2O16. The van der Waals surface area contributed by atoms with E-state index in [1.54, 1.807) is 72.8 Å². The fourth-order valence-corrected chi connectivity index (χ4v) is 12.3. The number of carbonyl (C=O) groups is 6. The highest BCUT2D eigenvalue weighted by molar-refractivity contribution is 6.45. The van der Waals surface area contributed by atoms with Gasteiger partial charge in [-0.3, -0.25) is 29.0 Å². The van der Waals surface area contributed by atoms with E-state index in [2.05, 4.69) is 0 Å². The van der Waals surface area contributed by atoms with Gasteiger partial charge in [0.1, 0.15) is 77.4 Å². The highest BCUT2D eigenvalue weighted by atomic mass is 16.7. The molecule has 0 saturated carbocycles. The maximum absolute atomic E-state index is 16.0. The molecular weight excluding hydrogens is 1170 g/mol. The molecule has 9 aromatic rings. The fraction of sp³-hybridized carbons (Fsp3) is 0.324. The fourth-order valence-electron chi connectivity index (χ4n) is 12.3. The minimum absolute atomic E-state index is 0.0105. The molecule has 4 aliphatic rings. The number of esters is 2. The smallest absolute Gasteiger partial charge is 0.329 e. The third kappa shape index (κ3) is 11.9. The first-order chi connectivity index (χ1) is 44.4. The molecule has 18 nitrogen and oxygen atoms in total. The molecule has 4 unspecified atom stereocenters. The summed E-state index contributed by atoms with van der Waals surface area (Å²) in [7, 11) is 0. The zero-order chi connectivity index (χ0) is 64.2. The molecule has 0 N–H and O–H groups in total. The molecule has 18 heteroatoms. The lowest BCUT2D eigenvalue weighted by Gasteiger charge is -2.36. The first kappa shape index (κ1) is 61.4. The van der Waals surface area contributed by atoms with Gasteiger partial charge in [-0.05, 0) is 125 Å². The van der Waals surface area contributed by atoms with Gasteiger partial charge >= 0.3 is 11.9 Å². The Labute approximate surface area is 531 Å². The third-order valence-corrected chi connectivity index (χ3v) is 17.0. The number of nitrogens with zero attached hydrogens (tertiary/aromatic N) is 2. The van der Waals surface area contributed by atoms with E-state index in [4.69, 9.17) is 47.4 Å². The second kappa shape index (κ2) is 25.3. The number of imide groups is 2. The number of rotatable bonds is 25. The van der Waals surface area contributed by atoms with Gasteiger partial charge in [0.15, 0.2) is 6.29 Å². The second-order valence-electron chi connectivity index (χ2n) is 24.9. The number of ether oxygens (including phenoxy) is 10. The summed E-state index contributed by atoms with van der Waals surface area (Å²) in [4.78, 5) is 95.2. The Hall–Kier alpha value is -9.46. The van der Waals surface area contributed by atoms with Gasteiger partial charge in [0.2, 0.25) is 0 Å². The largest absolute Gasteiger partial charge is 0.462 e. The highest BCUT2D eigenvalue weighted by Gasteiger charge is 2.47. The predicted molar refractivity (Wildman–Crippen MR) is 343 cm³/mol. The lowest BCUT2D eigenvalue weighted by atomic mass is 9.80. The van der Waals surface area contributed by atoms with Gasteiger partial charge in [-0.15, -0.1) is 0 Å². The summed E-state index contributed by atoms with van der Waals surface area (Å²) in [6, 6.07) is 32.9. The van der Waals surface area contributed by atoms with Gasteiger partial charge in [0, 0.05) is 49.5 Å². The van der Waals surface area contributed by atoms with Crippen molar-refractivity contribution in [2.75, 3.05) is 46.2 Å². The Morgan fingerprint density at radius 1 is 0.446 bits per heavy atom. The topological polar surface area (TPSA) is 204 Å². The molecule has 0 spiro atoms. The zero-order valence-corrected chi connectivity index (χ0v) is 52.5. The molecule has 4 aliphatic heterocycles. The number of hydrogen-bond donors (Lipinski definition) is 0. The van der Waals surface area contributed by atoms with E-state index in [0.29, 0.717) is 81.6 Å². The lowest BCUT2D eigenvalue weighted by Crippen LogP contribution is -2.51.